The van der Waals surface area contributed by atoms with Gasteiger partial charge in [-0.3, -0.25) is 14.4 Å². The van der Waals surface area contributed by atoms with Crippen molar-refractivity contribution in [1.29, 1.82) is 0 Å². The van der Waals surface area contributed by atoms with E-state index in [0.29, 0.717) is 32.6 Å². The van der Waals surface area contributed by atoms with Crippen LogP contribution in [0.15, 0.2) is 65.5 Å². The van der Waals surface area contributed by atoms with Gasteiger partial charge in [0.05, 0.1) is 16.8 Å². The van der Waals surface area contributed by atoms with Gasteiger partial charge in [0.15, 0.2) is 5.43 Å². The fourth-order valence-electron chi connectivity index (χ4n) is 3.38. The third kappa shape index (κ3) is 2.32. The molecule has 0 aliphatic carbocycles. The summed E-state index contributed by atoms with van der Waals surface area (Å²) in [6, 6.07) is 17.0. The number of hydrogen-bond donors (Lipinski definition) is 0. The van der Waals surface area contributed by atoms with E-state index in [0.717, 1.165) is 14.3 Å². The zero-order valence-electron chi connectivity index (χ0n) is 13.7. The lowest BCUT2D eigenvalue weighted by Gasteiger charge is -2.14. The maximum Gasteiger partial charge on any atom is 0.266 e. The van der Waals surface area contributed by atoms with Crippen molar-refractivity contribution in [2.24, 2.45) is 0 Å². The van der Waals surface area contributed by atoms with Gasteiger partial charge in [0.1, 0.15) is 0 Å². The highest BCUT2D eigenvalue weighted by Gasteiger charge is 2.36. The van der Waals surface area contributed by atoms with Crippen LogP contribution in [0.1, 0.15) is 20.7 Å². The molecule has 2 heterocycles. The van der Waals surface area contributed by atoms with Crippen molar-refractivity contribution < 1.29 is 9.59 Å². The Morgan fingerprint density at radius 1 is 0.741 bits per heavy atom. The molecule has 0 saturated heterocycles. The quantitative estimate of drug-likeness (QED) is 0.343. The number of fused-ring (bicyclic) bond motifs is 3. The smallest absolute Gasteiger partial charge is 0.266 e. The van der Waals surface area contributed by atoms with Crippen LogP contribution in [-0.2, 0) is 0 Å². The molecule has 5 rings (SSSR count). The molecule has 3 aromatic carbocycles. The van der Waals surface area contributed by atoms with Gasteiger partial charge in [-0.1, -0.05) is 23.7 Å². The van der Waals surface area contributed by atoms with Gasteiger partial charge in [0.2, 0.25) is 0 Å². The molecule has 1 aromatic heterocycles. The van der Waals surface area contributed by atoms with Crippen LogP contribution in [0.4, 0.5) is 5.69 Å². The first-order chi connectivity index (χ1) is 13.0. The summed E-state index contributed by atoms with van der Waals surface area (Å²) in [6.45, 7) is 0. The third-order valence-corrected chi connectivity index (χ3v) is 6.05. The normalized spacial score (nSPS) is 13.6. The Morgan fingerprint density at radius 2 is 1.33 bits per heavy atom. The van der Waals surface area contributed by atoms with Crippen molar-refractivity contribution in [3.05, 3.63) is 87.0 Å². The van der Waals surface area contributed by atoms with E-state index in [9.17, 15) is 14.4 Å². The van der Waals surface area contributed by atoms with E-state index in [2.05, 4.69) is 0 Å². The van der Waals surface area contributed by atoms with Crippen LogP contribution in [-0.4, -0.2) is 11.8 Å². The maximum absolute atomic E-state index is 12.9. The molecule has 4 nitrogen and oxygen atoms in total. The van der Waals surface area contributed by atoms with E-state index >= 15 is 0 Å². The summed E-state index contributed by atoms with van der Waals surface area (Å²) in [5.41, 5.74) is 0.968. The first-order valence-electron chi connectivity index (χ1n) is 8.18. The average molecular weight is 392 g/mol. The second-order valence-electron chi connectivity index (χ2n) is 6.24. The van der Waals surface area contributed by atoms with Crippen molar-refractivity contribution in [2.75, 3.05) is 4.90 Å². The van der Waals surface area contributed by atoms with Gasteiger partial charge in [-0.05, 0) is 48.5 Å². The molecule has 6 heteroatoms. The SMILES string of the molecule is O=C1c2ccccc2C(=O)N1c1ccc2sc3ccc(Cl)cc3c(=O)c2c1. The van der Waals surface area contributed by atoms with Crippen LogP contribution in [0.5, 0.6) is 0 Å². The number of amides is 2. The van der Waals surface area contributed by atoms with E-state index in [1.165, 1.54) is 11.3 Å². The summed E-state index contributed by atoms with van der Waals surface area (Å²) in [5.74, 6) is -0.759. The number of nitrogens with zero attached hydrogens (tertiary/aromatic N) is 1. The zero-order valence-corrected chi connectivity index (χ0v) is 15.3. The van der Waals surface area contributed by atoms with Gasteiger partial charge in [-0.15, -0.1) is 11.3 Å². The van der Waals surface area contributed by atoms with E-state index in [1.807, 2.05) is 6.07 Å². The molecule has 1 aliphatic heterocycles. The molecular weight excluding hydrogens is 382 g/mol. The van der Waals surface area contributed by atoms with Crippen molar-refractivity contribution >= 4 is 60.6 Å². The minimum Gasteiger partial charge on any atom is -0.289 e. The summed E-state index contributed by atoms with van der Waals surface area (Å²) in [7, 11) is 0. The van der Waals surface area contributed by atoms with Gasteiger partial charge in [0.25, 0.3) is 11.8 Å². The molecule has 0 N–H and O–H groups in total. The molecule has 0 atom stereocenters. The first-order valence-corrected chi connectivity index (χ1v) is 9.38. The first kappa shape index (κ1) is 16.2. The van der Waals surface area contributed by atoms with Crippen LogP contribution >= 0.6 is 22.9 Å². The standard InChI is InChI=1S/C21H10ClNO3S/c22-11-5-7-17-15(9-11)19(24)16-10-12(6-8-18(16)27-17)23-20(25)13-3-1-2-4-14(13)21(23)26/h1-10H. The molecule has 130 valence electrons. The number of anilines is 1. The third-order valence-electron chi connectivity index (χ3n) is 4.67. The summed E-state index contributed by atoms with van der Waals surface area (Å²) in [5, 5.41) is 1.48. The number of halogens is 1. The van der Waals surface area contributed by atoms with E-state index < -0.39 is 0 Å². The Bertz CT molecular complexity index is 1320. The molecule has 0 radical (unpaired) electrons. The molecule has 0 bridgehead atoms. The Hall–Kier alpha value is -3.02. The minimum absolute atomic E-state index is 0.167. The van der Waals surface area contributed by atoms with Gasteiger partial charge < -0.3 is 0 Å². The lowest BCUT2D eigenvalue weighted by Crippen LogP contribution is -2.29. The Kier molecular flexibility index (Phi) is 3.44. The lowest BCUT2D eigenvalue weighted by atomic mass is 10.1. The predicted octanol–water partition coefficient (Wildman–Crippen LogP) is 4.87. The fourth-order valence-corrected chi connectivity index (χ4v) is 4.58. The highest BCUT2D eigenvalue weighted by molar-refractivity contribution is 7.24. The van der Waals surface area contributed by atoms with Gasteiger partial charge >= 0.3 is 0 Å². The zero-order chi connectivity index (χ0) is 18.7. The molecule has 0 spiro atoms. The van der Waals surface area contributed by atoms with Crippen molar-refractivity contribution in [3.63, 3.8) is 0 Å². The van der Waals surface area contributed by atoms with Crippen molar-refractivity contribution in [2.45, 2.75) is 0 Å². The Balaban J connectivity index is 1.73. The van der Waals surface area contributed by atoms with Gasteiger partial charge in [0, 0.05) is 25.2 Å². The molecular formula is C21H10ClNO3S. The highest BCUT2D eigenvalue weighted by Crippen LogP contribution is 2.32. The van der Waals surface area contributed by atoms with E-state index in [1.54, 1.807) is 54.6 Å². The molecule has 0 fully saturated rings. The van der Waals surface area contributed by atoms with Crippen LogP contribution in [0.2, 0.25) is 5.02 Å². The van der Waals surface area contributed by atoms with E-state index in [4.69, 9.17) is 11.6 Å². The average Bonchev–Trinajstić information content (AvgIpc) is 2.94. The predicted molar refractivity (Wildman–Crippen MR) is 108 cm³/mol. The van der Waals surface area contributed by atoms with Crippen LogP contribution in [0.3, 0.4) is 0 Å². The van der Waals surface area contributed by atoms with Crippen LogP contribution < -0.4 is 10.3 Å². The van der Waals surface area contributed by atoms with Crippen molar-refractivity contribution in [3.8, 4) is 0 Å². The Labute approximate surface area is 162 Å². The second kappa shape index (κ2) is 5.74. The number of carbonyl (C=O) groups is 2. The summed E-state index contributed by atoms with van der Waals surface area (Å²) >= 11 is 7.50. The molecule has 1 aliphatic rings. The molecule has 0 saturated carbocycles. The lowest BCUT2D eigenvalue weighted by molar-refractivity contribution is 0.0926. The molecule has 0 unspecified atom stereocenters. The number of benzene rings is 3. The number of rotatable bonds is 1. The molecule has 2 amide bonds. The number of carbonyl (C=O) groups excluding carboxylic acids is 2. The Morgan fingerprint density at radius 3 is 2.00 bits per heavy atom. The number of hydrogen-bond acceptors (Lipinski definition) is 4. The number of imide groups is 1. The van der Waals surface area contributed by atoms with Crippen LogP contribution in [0.25, 0.3) is 20.2 Å². The van der Waals surface area contributed by atoms with Gasteiger partial charge in [-0.25, -0.2) is 4.90 Å². The van der Waals surface area contributed by atoms with Crippen LogP contribution in [0, 0.1) is 0 Å². The molecule has 27 heavy (non-hydrogen) atoms. The van der Waals surface area contributed by atoms with Gasteiger partial charge in [-0.2, -0.15) is 0 Å². The largest absolute Gasteiger partial charge is 0.289 e. The summed E-state index contributed by atoms with van der Waals surface area (Å²) < 4.78 is 1.63. The summed E-state index contributed by atoms with van der Waals surface area (Å²) in [4.78, 5) is 39.5. The minimum atomic E-state index is -0.380. The molecule has 4 aromatic rings. The highest BCUT2D eigenvalue weighted by atomic mass is 35.5. The van der Waals surface area contributed by atoms with E-state index in [-0.39, 0.29) is 17.2 Å². The topological polar surface area (TPSA) is 54.5 Å². The van der Waals surface area contributed by atoms with Crippen molar-refractivity contribution in [1.82, 2.24) is 0 Å². The second-order valence-corrected chi connectivity index (χ2v) is 7.76. The summed E-state index contributed by atoms with van der Waals surface area (Å²) in [6.07, 6.45) is 0. The maximum atomic E-state index is 12.9. The monoisotopic (exact) mass is 391 g/mol. The fraction of sp³-hybridized carbons (Fsp3) is 0.